The molecule has 6 nitrogen and oxygen atoms in total. The molecule has 0 saturated heterocycles. The molecule has 0 heterocycles. The van der Waals surface area contributed by atoms with E-state index in [1.165, 1.54) is 6.07 Å². The van der Waals surface area contributed by atoms with Crippen LogP contribution in [0.2, 0.25) is 0 Å². The van der Waals surface area contributed by atoms with Gasteiger partial charge in [-0.2, -0.15) is 0 Å². The number of nitro benzene ring substituents is 1. The Bertz CT molecular complexity index is 396. The molecular formula is C12H18N2O4. The first kappa shape index (κ1) is 14.4. The van der Waals surface area contributed by atoms with Crippen LogP contribution in [0.25, 0.3) is 0 Å². The predicted molar refractivity (Wildman–Crippen MR) is 67.8 cm³/mol. The molecule has 0 saturated carbocycles. The van der Waals surface area contributed by atoms with E-state index in [1.54, 1.807) is 19.2 Å². The molecule has 6 heteroatoms. The van der Waals surface area contributed by atoms with Crippen LogP contribution in [0.1, 0.15) is 12.5 Å². The first-order valence-corrected chi connectivity index (χ1v) is 5.78. The van der Waals surface area contributed by atoms with Crippen LogP contribution in [0.4, 0.5) is 5.69 Å². The third-order valence-electron chi connectivity index (χ3n) is 2.35. The van der Waals surface area contributed by atoms with Crippen LogP contribution in [0.15, 0.2) is 18.2 Å². The van der Waals surface area contributed by atoms with Crippen molar-refractivity contribution in [2.24, 2.45) is 0 Å². The molecule has 0 aromatic heterocycles. The lowest BCUT2D eigenvalue weighted by molar-refractivity contribution is -0.385. The summed E-state index contributed by atoms with van der Waals surface area (Å²) in [7, 11) is 1.55. The fourth-order valence-electron chi connectivity index (χ4n) is 1.44. The van der Waals surface area contributed by atoms with E-state index in [4.69, 9.17) is 9.47 Å². The van der Waals surface area contributed by atoms with Crippen LogP contribution in [-0.2, 0) is 11.3 Å². The molecule has 0 amide bonds. The van der Waals surface area contributed by atoms with E-state index in [0.717, 1.165) is 12.1 Å². The Labute approximate surface area is 106 Å². The van der Waals surface area contributed by atoms with Gasteiger partial charge in [0.2, 0.25) is 0 Å². The van der Waals surface area contributed by atoms with Crippen molar-refractivity contribution in [1.82, 2.24) is 5.32 Å². The van der Waals surface area contributed by atoms with Crippen LogP contribution in [0.5, 0.6) is 5.75 Å². The SMILES string of the molecule is CCNCc1ccc([N+](=O)[O-])c(OCCOC)c1. The van der Waals surface area contributed by atoms with Crippen molar-refractivity contribution >= 4 is 5.69 Å². The number of nitro groups is 1. The summed E-state index contributed by atoms with van der Waals surface area (Å²) in [5.74, 6) is 0.285. The molecule has 0 fully saturated rings. The van der Waals surface area contributed by atoms with E-state index in [9.17, 15) is 10.1 Å². The Morgan fingerprint density at radius 3 is 2.78 bits per heavy atom. The van der Waals surface area contributed by atoms with Gasteiger partial charge in [0.05, 0.1) is 11.5 Å². The predicted octanol–water partition coefficient (Wildman–Crippen LogP) is 1.73. The number of benzene rings is 1. The smallest absolute Gasteiger partial charge is 0.310 e. The maximum atomic E-state index is 10.9. The highest BCUT2D eigenvalue weighted by atomic mass is 16.6. The summed E-state index contributed by atoms with van der Waals surface area (Å²) in [5, 5.41) is 14.0. The van der Waals surface area contributed by atoms with E-state index in [2.05, 4.69) is 5.32 Å². The van der Waals surface area contributed by atoms with Gasteiger partial charge in [0.25, 0.3) is 0 Å². The fraction of sp³-hybridized carbons (Fsp3) is 0.500. The number of nitrogens with zero attached hydrogens (tertiary/aromatic N) is 1. The number of ether oxygens (including phenoxy) is 2. The van der Waals surface area contributed by atoms with Crippen molar-refractivity contribution in [3.05, 3.63) is 33.9 Å². The Hall–Kier alpha value is -1.66. The van der Waals surface area contributed by atoms with Gasteiger partial charge in [-0.1, -0.05) is 13.0 Å². The second-order valence-corrected chi connectivity index (χ2v) is 3.68. The molecule has 100 valence electrons. The van der Waals surface area contributed by atoms with Gasteiger partial charge in [-0.25, -0.2) is 0 Å². The van der Waals surface area contributed by atoms with E-state index >= 15 is 0 Å². The van der Waals surface area contributed by atoms with Crippen molar-refractivity contribution < 1.29 is 14.4 Å². The summed E-state index contributed by atoms with van der Waals surface area (Å²) in [4.78, 5) is 10.4. The van der Waals surface area contributed by atoms with E-state index in [1.807, 2.05) is 6.92 Å². The van der Waals surface area contributed by atoms with Crippen molar-refractivity contribution in [3.8, 4) is 5.75 Å². The van der Waals surface area contributed by atoms with Gasteiger partial charge < -0.3 is 14.8 Å². The highest BCUT2D eigenvalue weighted by molar-refractivity contribution is 5.48. The summed E-state index contributed by atoms with van der Waals surface area (Å²) >= 11 is 0. The quantitative estimate of drug-likeness (QED) is 0.434. The minimum atomic E-state index is -0.445. The van der Waals surface area contributed by atoms with E-state index in [-0.39, 0.29) is 11.4 Å². The van der Waals surface area contributed by atoms with Gasteiger partial charge >= 0.3 is 5.69 Å². The minimum Gasteiger partial charge on any atom is -0.484 e. The molecule has 0 radical (unpaired) electrons. The molecule has 0 aliphatic carbocycles. The first-order chi connectivity index (χ1) is 8.69. The highest BCUT2D eigenvalue weighted by Gasteiger charge is 2.15. The van der Waals surface area contributed by atoms with Crippen LogP contribution < -0.4 is 10.1 Å². The average Bonchev–Trinajstić information content (AvgIpc) is 2.36. The largest absolute Gasteiger partial charge is 0.484 e. The van der Waals surface area contributed by atoms with Gasteiger partial charge in [0, 0.05) is 19.7 Å². The average molecular weight is 254 g/mol. The van der Waals surface area contributed by atoms with Crippen LogP contribution >= 0.6 is 0 Å². The topological polar surface area (TPSA) is 73.6 Å². The third-order valence-corrected chi connectivity index (χ3v) is 2.35. The van der Waals surface area contributed by atoms with Gasteiger partial charge in [0.1, 0.15) is 6.61 Å². The second kappa shape index (κ2) is 7.62. The molecule has 1 aromatic rings. The first-order valence-electron chi connectivity index (χ1n) is 5.78. The molecule has 1 rings (SSSR count). The standard InChI is InChI=1S/C12H18N2O4/c1-3-13-9-10-4-5-11(14(15)16)12(8-10)18-7-6-17-2/h4-5,8,13H,3,6-7,9H2,1-2H3. The Balaban J connectivity index is 2.82. The van der Waals surface area contributed by atoms with Crippen LogP contribution in [0, 0.1) is 10.1 Å². The lowest BCUT2D eigenvalue weighted by Gasteiger charge is -2.08. The Kier molecular flexibility index (Phi) is 6.10. The third kappa shape index (κ3) is 4.31. The number of nitrogens with one attached hydrogen (secondary N) is 1. The van der Waals surface area contributed by atoms with E-state index < -0.39 is 4.92 Å². The van der Waals surface area contributed by atoms with Crippen molar-refractivity contribution in [2.45, 2.75) is 13.5 Å². The monoisotopic (exact) mass is 254 g/mol. The molecule has 1 aromatic carbocycles. The zero-order valence-electron chi connectivity index (χ0n) is 10.6. The zero-order chi connectivity index (χ0) is 13.4. The van der Waals surface area contributed by atoms with E-state index in [0.29, 0.717) is 19.8 Å². The summed E-state index contributed by atoms with van der Waals surface area (Å²) in [6, 6.07) is 4.88. The summed E-state index contributed by atoms with van der Waals surface area (Å²) in [6.07, 6.45) is 0. The summed E-state index contributed by atoms with van der Waals surface area (Å²) in [5.41, 5.74) is 0.932. The molecule has 0 aliphatic rings. The maximum absolute atomic E-state index is 10.9. The lowest BCUT2D eigenvalue weighted by atomic mass is 10.2. The Morgan fingerprint density at radius 2 is 2.17 bits per heavy atom. The molecule has 0 aliphatic heterocycles. The van der Waals surface area contributed by atoms with Gasteiger partial charge in [0.15, 0.2) is 5.75 Å². The molecule has 0 bridgehead atoms. The van der Waals surface area contributed by atoms with Gasteiger partial charge in [-0.05, 0) is 18.2 Å². The highest BCUT2D eigenvalue weighted by Crippen LogP contribution is 2.27. The zero-order valence-corrected chi connectivity index (χ0v) is 10.6. The van der Waals surface area contributed by atoms with Crippen LogP contribution in [0.3, 0.4) is 0 Å². The van der Waals surface area contributed by atoms with Crippen LogP contribution in [-0.4, -0.2) is 31.8 Å². The number of rotatable bonds is 8. The minimum absolute atomic E-state index is 0.0219. The maximum Gasteiger partial charge on any atom is 0.310 e. The van der Waals surface area contributed by atoms with Crippen molar-refractivity contribution in [2.75, 3.05) is 26.9 Å². The lowest BCUT2D eigenvalue weighted by Crippen LogP contribution is -2.12. The fourth-order valence-corrected chi connectivity index (χ4v) is 1.44. The van der Waals surface area contributed by atoms with Crippen molar-refractivity contribution in [3.63, 3.8) is 0 Å². The summed E-state index contributed by atoms with van der Waals surface area (Å²) < 4.78 is 10.2. The second-order valence-electron chi connectivity index (χ2n) is 3.68. The molecule has 18 heavy (non-hydrogen) atoms. The molecule has 0 spiro atoms. The molecule has 0 atom stereocenters. The van der Waals surface area contributed by atoms with Gasteiger partial charge in [-0.15, -0.1) is 0 Å². The normalized spacial score (nSPS) is 10.3. The van der Waals surface area contributed by atoms with Crippen molar-refractivity contribution in [1.29, 1.82) is 0 Å². The molecule has 1 N–H and O–H groups in total. The summed E-state index contributed by atoms with van der Waals surface area (Å²) in [6.45, 7) is 4.20. The Morgan fingerprint density at radius 1 is 1.39 bits per heavy atom. The molecular weight excluding hydrogens is 236 g/mol. The number of hydrogen-bond acceptors (Lipinski definition) is 5. The number of hydrogen-bond donors (Lipinski definition) is 1. The number of methoxy groups -OCH3 is 1. The molecule has 0 unspecified atom stereocenters. The van der Waals surface area contributed by atoms with Gasteiger partial charge in [-0.3, -0.25) is 10.1 Å².